The van der Waals surface area contributed by atoms with Crippen molar-refractivity contribution in [2.45, 2.75) is 34.5 Å². The molecule has 126 valence electrons. The second kappa shape index (κ2) is 6.29. The first-order valence-electron chi connectivity index (χ1n) is 6.89. The number of aliphatic imine (C=N–C) groups is 1. The lowest BCUT2D eigenvalue weighted by molar-refractivity contribution is -0.289. The zero-order valence-corrected chi connectivity index (χ0v) is 14.1. The molecule has 6 atom stereocenters. The normalized spacial score (nSPS) is 42.7. The van der Waals surface area contributed by atoms with Crippen LogP contribution in [0.4, 0.5) is 0 Å². The van der Waals surface area contributed by atoms with E-state index in [4.69, 9.17) is 21.1 Å². The van der Waals surface area contributed by atoms with Gasteiger partial charge in [-0.05, 0) is 12.2 Å². The molecule has 4 N–H and O–H groups in total. The maximum absolute atomic E-state index is 10.0. The number of ether oxygens (including phenoxy) is 2. The SMILES string of the molecule is OC[C@H]1O[C@@H](OC2=C3C(=CC=CC3(Cl)Br)N=C2)[C@H](O)[C@@H](O)[C@H]1O. The molecule has 1 unspecified atom stereocenters. The topological polar surface area (TPSA) is 112 Å². The molecule has 9 heteroatoms. The number of aliphatic hydroxyl groups excluding tert-OH is 4. The first-order chi connectivity index (χ1) is 10.8. The van der Waals surface area contributed by atoms with Gasteiger partial charge in [0.15, 0.2) is 0 Å². The molecular weight excluding hydrogens is 394 g/mol. The number of nitrogens with zero attached hydrogens (tertiary/aromatic N) is 1. The summed E-state index contributed by atoms with van der Waals surface area (Å²) in [5, 5.41) is 38.8. The summed E-state index contributed by atoms with van der Waals surface area (Å²) in [6.45, 7) is -0.531. The quantitative estimate of drug-likeness (QED) is 0.486. The Kier molecular flexibility index (Phi) is 4.67. The summed E-state index contributed by atoms with van der Waals surface area (Å²) >= 11 is 9.72. The maximum Gasteiger partial charge on any atom is 0.229 e. The van der Waals surface area contributed by atoms with E-state index in [-0.39, 0.29) is 5.76 Å². The fraction of sp³-hybridized carbons (Fsp3) is 0.500. The highest BCUT2D eigenvalue weighted by Gasteiger charge is 2.46. The lowest BCUT2D eigenvalue weighted by Gasteiger charge is -2.39. The minimum absolute atomic E-state index is 0.261. The minimum Gasteiger partial charge on any atom is -0.460 e. The molecule has 0 amide bonds. The molecule has 0 spiro atoms. The number of aliphatic hydroxyl groups is 4. The van der Waals surface area contributed by atoms with Crippen LogP contribution in [0.15, 0.2) is 40.2 Å². The average molecular weight is 409 g/mol. The van der Waals surface area contributed by atoms with Gasteiger partial charge < -0.3 is 29.9 Å². The fourth-order valence-corrected chi connectivity index (χ4v) is 3.38. The predicted molar refractivity (Wildman–Crippen MR) is 85.1 cm³/mol. The van der Waals surface area contributed by atoms with Crippen LogP contribution in [0.25, 0.3) is 0 Å². The number of fused-ring (bicyclic) bond motifs is 1. The van der Waals surface area contributed by atoms with Gasteiger partial charge in [-0.15, -0.1) is 0 Å². The van der Waals surface area contributed by atoms with E-state index in [0.717, 1.165) is 0 Å². The van der Waals surface area contributed by atoms with E-state index in [1.54, 1.807) is 18.2 Å². The molecule has 1 aliphatic carbocycles. The highest BCUT2D eigenvalue weighted by atomic mass is 79.9. The van der Waals surface area contributed by atoms with Crippen LogP contribution in [-0.2, 0) is 9.47 Å². The number of rotatable bonds is 3. The largest absolute Gasteiger partial charge is 0.460 e. The Labute approximate surface area is 145 Å². The van der Waals surface area contributed by atoms with E-state index < -0.39 is 41.1 Å². The Bertz CT molecular complexity index is 614. The molecule has 1 fully saturated rings. The number of hydrogen-bond acceptors (Lipinski definition) is 7. The number of alkyl halides is 2. The van der Waals surface area contributed by atoms with E-state index in [9.17, 15) is 20.4 Å². The van der Waals surface area contributed by atoms with Gasteiger partial charge in [0.2, 0.25) is 6.29 Å². The number of halogens is 2. The highest BCUT2D eigenvalue weighted by Crippen LogP contribution is 2.45. The molecule has 0 saturated carbocycles. The Balaban J connectivity index is 1.85. The Morgan fingerprint density at radius 1 is 1.30 bits per heavy atom. The van der Waals surface area contributed by atoms with Gasteiger partial charge in [-0.2, -0.15) is 0 Å². The van der Waals surface area contributed by atoms with Gasteiger partial charge in [0.1, 0.15) is 34.0 Å². The van der Waals surface area contributed by atoms with E-state index in [1.807, 2.05) is 0 Å². The lowest BCUT2D eigenvalue weighted by Crippen LogP contribution is -2.59. The molecule has 0 aromatic carbocycles. The summed E-state index contributed by atoms with van der Waals surface area (Å²) in [7, 11) is 0. The van der Waals surface area contributed by atoms with Crippen molar-refractivity contribution in [2.24, 2.45) is 4.99 Å². The molecule has 3 aliphatic rings. The smallest absolute Gasteiger partial charge is 0.229 e. The first kappa shape index (κ1) is 17.1. The van der Waals surface area contributed by atoms with Gasteiger partial charge in [-0.3, -0.25) is 4.99 Å². The van der Waals surface area contributed by atoms with Crippen molar-refractivity contribution in [1.29, 1.82) is 0 Å². The summed E-state index contributed by atoms with van der Waals surface area (Å²) in [6.07, 6.45) is -0.180. The molecule has 2 heterocycles. The zero-order chi connectivity index (χ0) is 16.8. The van der Waals surface area contributed by atoms with Gasteiger partial charge in [-0.25, -0.2) is 0 Å². The lowest BCUT2D eigenvalue weighted by atomic mass is 9.99. The molecule has 0 aromatic rings. The Morgan fingerprint density at radius 2 is 2.04 bits per heavy atom. The van der Waals surface area contributed by atoms with Crippen molar-refractivity contribution in [2.75, 3.05) is 6.61 Å². The standard InChI is InChI=1S/C14H15BrClNO6/c15-14(16)3-1-2-6-9(14)7(4-17-6)22-13-12(21)11(20)10(19)8(5-18)23-13/h1-4,8,10-13,18-21H,5H2/t8-,10+,11+,12-,13-,14?/m1/s1. The van der Waals surface area contributed by atoms with Gasteiger partial charge >= 0.3 is 0 Å². The highest BCUT2D eigenvalue weighted by molar-refractivity contribution is 9.10. The van der Waals surface area contributed by atoms with Crippen LogP contribution in [0.2, 0.25) is 0 Å². The first-order valence-corrected chi connectivity index (χ1v) is 8.06. The van der Waals surface area contributed by atoms with Crippen LogP contribution in [0.5, 0.6) is 0 Å². The van der Waals surface area contributed by atoms with Crippen molar-refractivity contribution in [3.05, 3.63) is 35.3 Å². The molecule has 0 aromatic heterocycles. The van der Waals surface area contributed by atoms with Crippen LogP contribution >= 0.6 is 27.5 Å². The van der Waals surface area contributed by atoms with Crippen molar-refractivity contribution in [1.82, 2.24) is 0 Å². The van der Waals surface area contributed by atoms with Crippen molar-refractivity contribution < 1.29 is 29.9 Å². The van der Waals surface area contributed by atoms with Crippen LogP contribution < -0.4 is 0 Å². The van der Waals surface area contributed by atoms with Gasteiger partial charge in [-0.1, -0.05) is 33.6 Å². The maximum atomic E-state index is 10.0. The van der Waals surface area contributed by atoms with Crippen molar-refractivity contribution in [3.63, 3.8) is 0 Å². The predicted octanol–water partition coefficient (Wildman–Crippen LogP) is -0.0749. The molecule has 0 bridgehead atoms. The Morgan fingerprint density at radius 3 is 2.74 bits per heavy atom. The zero-order valence-electron chi connectivity index (χ0n) is 11.7. The molecule has 7 nitrogen and oxygen atoms in total. The summed E-state index contributed by atoms with van der Waals surface area (Å²) < 4.78 is 9.91. The summed E-state index contributed by atoms with van der Waals surface area (Å²) in [6, 6.07) is 0. The van der Waals surface area contributed by atoms with E-state index in [1.165, 1.54) is 6.21 Å². The van der Waals surface area contributed by atoms with Crippen molar-refractivity contribution in [3.8, 4) is 0 Å². The second-order valence-corrected chi connectivity index (χ2v) is 7.65. The molecule has 0 radical (unpaired) electrons. The molecule has 2 aliphatic heterocycles. The number of allylic oxidation sites excluding steroid dienone is 5. The van der Waals surface area contributed by atoms with E-state index >= 15 is 0 Å². The van der Waals surface area contributed by atoms with Crippen LogP contribution in [-0.4, -0.2) is 67.7 Å². The third kappa shape index (κ3) is 3.00. The molecular formula is C14H15BrClNO6. The second-order valence-electron chi connectivity index (χ2n) is 5.35. The van der Waals surface area contributed by atoms with Crippen LogP contribution in [0, 0.1) is 0 Å². The van der Waals surface area contributed by atoms with Crippen LogP contribution in [0.3, 0.4) is 0 Å². The molecule has 3 rings (SSSR count). The van der Waals surface area contributed by atoms with Crippen molar-refractivity contribution >= 4 is 33.7 Å². The number of hydrogen-bond donors (Lipinski definition) is 4. The van der Waals surface area contributed by atoms with E-state index in [0.29, 0.717) is 11.3 Å². The van der Waals surface area contributed by atoms with Gasteiger partial charge in [0.05, 0.1) is 24.1 Å². The minimum atomic E-state index is -1.51. The summed E-state index contributed by atoms with van der Waals surface area (Å²) in [5.41, 5.74) is 1.14. The third-order valence-electron chi connectivity index (χ3n) is 3.81. The van der Waals surface area contributed by atoms with Crippen LogP contribution in [0.1, 0.15) is 0 Å². The van der Waals surface area contributed by atoms with Gasteiger partial charge in [0.25, 0.3) is 0 Å². The third-order valence-corrected chi connectivity index (χ3v) is 4.78. The monoisotopic (exact) mass is 407 g/mol. The Hall–Kier alpha value is -0.740. The molecule has 1 saturated heterocycles. The molecule has 23 heavy (non-hydrogen) atoms. The summed E-state index contributed by atoms with van der Waals surface area (Å²) in [4.78, 5) is 4.17. The van der Waals surface area contributed by atoms with Gasteiger partial charge in [0, 0.05) is 0 Å². The fourth-order valence-electron chi connectivity index (χ4n) is 2.57. The van der Waals surface area contributed by atoms with E-state index in [2.05, 4.69) is 20.9 Å². The average Bonchev–Trinajstić information content (AvgIpc) is 2.92. The summed E-state index contributed by atoms with van der Waals surface area (Å²) in [5.74, 6) is 0.261.